The molecule has 0 atom stereocenters. The lowest BCUT2D eigenvalue weighted by atomic mass is 9.65. The summed E-state index contributed by atoms with van der Waals surface area (Å²) in [7, 11) is 0. The van der Waals surface area contributed by atoms with Crippen LogP contribution in [0.2, 0.25) is 0 Å². The summed E-state index contributed by atoms with van der Waals surface area (Å²) in [5, 5.41) is 3.21. The second kappa shape index (κ2) is 7.93. The Balaban J connectivity index is 1.33. The number of hydrogen-bond donors (Lipinski definition) is 1. The molecule has 3 rings (SSSR count). The predicted molar refractivity (Wildman–Crippen MR) is 103 cm³/mol. The Bertz CT molecular complexity index is 451. The first-order valence-corrected chi connectivity index (χ1v) is 10.4. The number of carbonyl (C=O) groups excluding carboxylic acids is 1. The minimum Gasteiger partial charge on any atom is -0.353 e. The molecule has 144 valence electrons. The Kier molecular flexibility index (Phi) is 6.07. The first-order chi connectivity index (χ1) is 11.9. The summed E-state index contributed by atoms with van der Waals surface area (Å²) in [6.07, 6.45) is 3.70. The van der Waals surface area contributed by atoms with Crippen LogP contribution in [-0.4, -0.2) is 85.0 Å². The van der Waals surface area contributed by atoms with Gasteiger partial charge in [-0.3, -0.25) is 14.6 Å². The molecule has 1 N–H and O–H groups in total. The van der Waals surface area contributed by atoms with Crippen molar-refractivity contribution in [1.29, 1.82) is 0 Å². The van der Waals surface area contributed by atoms with E-state index in [-0.39, 0.29) is 11.8 Å². The SMILES string of the molecule is CC(C)C(=O)NC1CC2(CCN(CCN3CCN(C(C)C)CC3)C2)C1. The number of rotatable bonds is 6. The highest BCUT2D eigenvalue weighted by atomic mass is 16.1. The number of amides is 1. The maximum absolute atomic E-state index is 11.8. The van der Waals surface area contributed by atoms with Crippen molar-refractivity contribution in [3.63, 3.8) is 0 Å². The Morgan fingerprint density at radius 3 is 2.24 bits per heavy atom. The average Bonchev–Trinajstić information content (AvgIpc) is 2.97. The van der Waals surface area contributed by atoms with Gasteiger partial charge in [-0.05, 0) is 45.1 Å². The molecule has 2 saturated heterocycles. The molecule has 3 fully saturated rings. The van der Waals surface area contributed by atoms with Crippen LogP contribution in [0.5, 0.6) is 0 Å². The molecule has 5 heteroatoms. The smallest absolute Gasteiger partial charge is 0.222 e. The maximum atomic E-state index is 11.8. The van der Waals surface area contributed by atoms with Crippen LogP contribution in [0.4, 0.5) is 0 Å². The monoisotopic (exact) mass is 350 g/mol. The molecule has 0 unspecified atom stereocenters. The molecule has 5 nitrogen and oxygen atoms in total. The number of likely N-dealkylation sites (tertiary alicyclic amines) is 1. The molecule has 1 aliphatic carbocycles. The first-order valence-electron chi connectivity index (χ1n) is 10.4. The van der Waals surface area contributed by atoms with Crippen LogP contribution in [0, 0.1) is 11.3 Å². The van der Waals surface area contributed by atoms with E-state index >= 15 is 0 Å². The zero-order valence-corrected chi connectivity index (χ0v) is 16.8. The number of nitrogens with one attached hydrogen (secondary N) is 1. The molecule has 1 saturated carbocycles. The number of hydrogen-bond acceptors (Lipinski definition) is 4. The van der Waals surface area contributed by atoms with Crippen molar-refractivity contribution in [3.05, 3.63) is 0 Å². The largest absolute Gasteiger partial charge is 0.353 e. The van der Waals surface area contributed by atoms with Crippen molar-refractivity contribution in [3.8, 4) is 0 Å². The molecular weight excluding hydrogens is 312 g/mol. The zero-order valence-electron chi connectivity index (χ0n) is 16.8. The second-order valence-electron chi connectivity index (χ2n) is 9.27. The van der Waals surface area contributed by atoms with Gasteiger partial charge in [-0.1, -0.05) is 13.8 Å². The van der Waals surface area contributed by atoms with Crippen LogP contribution in [-0.2, 0) is 4.79 Å². The van der Waals surface area contributed by atoms with Crippen molar-refractivity contribution >= 4 is 5.91 Å². The van der Waals surface area contributed by atoms with Crippen molar-refractivity contribution < 1.29 is 4.79 Å². The fourth-order valence-electron chi connectivity index (χ4n) is 4.79. The van der Waals surface area contributed by atoms with Crippen LogP contribution in [0.25, 0.3) is 0 Å². The summed E-state index contributed by atoms with van der Waals surface area (Å²) in [5.41, 5.74) is 0.505. The van der Waals surface area contributed by atoms with Gasteiger partial charge in [-0.15, -0.1) is 0 Å². The molecule has 25 heavy (non-hydrogen) atoms. The van der Waals surface area contributed by atoms with Crippen molar-refractivity contribution in [2.45, 2.75) is 59.0 Å². The van der Waals surface area contributed by atoms with E-state index in [9.17, 15) is 4.79 Å². The highest BCUT2D eigenvalue weighted by molar-refractivity contribution is 5.78. The lowest BCUT2D eigenvalue weighted by molar-refractivity contribution is -0.126. The van der Waals surface area contributed by atoms with Gasteiger partial charge < -0.3 is 10.2 Å². The van der Waals surface area contributed by atoms with E-state index in [2.05, 4.69) is 33.9 Å². The molecule has 2 heterocycles. The summed E-state index contributed by atoms with van der Waals surface area (Å²) in [5.74, 6) is 0.322. The van der Waals surface area contributed by atoms with Gasteiger partial charge in [-0.25, -0.2) is 0 Å². The molecule has 0 bridgehead atoms. The fourth-order valence-corrected chi connectivity index (χ4v) is 4.79. The van der Waals surface area contributed by atoms with Gasteiger partial charge >= 0.3 is 0 Å². The van der Waals surface area contributed by atoms with Gasteiger partial charge in [0.1, 0.15) is 0 Å². The second-order valence-corrected chi connectivity index (χ2v) is 9.27. The van der Waals surface area contributed by atoms with E-state index < -0.39 is 0 Å². The predicted octanol–water partition coefficient (Wildman–Crippen LogP) is 1.64. The molecule has 1 amide bonds. The van der Waals surface area contributed by atoms with Gasteiger partial charge in [0.2, 0.25) is 5.91 Å². The maximum Gasteiger partial charge on any atom is 0.222 e. The third-order valence-electron chi connectivity index (χ3n) is 6.62. The summed E-state index contributed by atoms with van der Waals surface area (Å²) in [4.78, 5) is 19.7. The molecule has 1 spiro atoms. The van der Waals surface area contributed by atoms with E-state index in [4.69, 9.17) is 0 Å². The minimum absolute atomic E-state index is 0.104. The van der Waals surface area contributed by atoms with Gasteiger partial charge in [0.25, 0.3) is 0 Å². The lowest BCUT2D eigenvalue weighted by Gasteiger charge is -2.46. The van der Waals surface area contributed by atoms with Crippen LogP contribution in [0.15, 0.2) is 0 Å². The number of carbonyl (C=O) groups is 1. The topological polar surface area (TPSA) is 38.8 Å². The summed E-state index contributed by atoms with van der Waals surface area (Å²) in [6.45, 7) is 18.4. The summed E-state index contributed by atoms with van der Waals surface area (Å²) >= 11 is 0. The van der Waals surface area contributed by atoms with Gasteiger partial charge in [0.05, 0.1) is 0 Å². The molecule has 3 aliphatic rings. The Hall–Kier alpha value is -0.650. The Morgan fingerprint density at radius 2 is 1.64 bits per heavy atom. The van der Waals surface area contributed by atoms with E-state index in [1.165, 1.54) is 71.6 Å². The third-order valence-corrected chi connectivity index (χ3v) is 6.62. The summed E-state index contributed by atoms with van der Waals surface area (Å²) in [6, 6.07) is 1.11. The van der Waals surface area contributed by atoms with Crippen molar-refractivity contribution in [2.75, 3.05) is 52.4 Å². The summed E-state index contributed by atoms with van der Waals surface area (Å²) < 4.78 is 0. The minimum atomic E-state index is 0.104. The van der Waals surface area contributed by atoms with Gasteiger partial charge in [0.15, 0.2) is 0 Å². The molecule has 0 aromatic heterocycles. The highest BCUT2D eigenvalue weighted by Crippen LogP contribution is 2.48. The Morgan fingerprint density at radius 1 is 1.00 bits per heavy atom. The van der Waals surface area contributed by atoms with Crippen molar-refractivity contribution in [1.82, 2.24) is 20.0 Å². The van der Waals surface area contributed by atoms with E-state index in [0.29, 0.717) is 17.5 Å². The quantitative estimate of drug-likeness (QED) is 0.790. The van der Waals surface area contributed by atoms with E-state index in [0.717, 1.165) is 0 Å². The molecule has 0 radical (unpaired) electrons. The zero-order chi connectivity index (χ0) is 18.0. The Labute approximate surface area is 154 Å². The number of nitrogens with zero attached hydrogens (tertiary/aromatic N) is 3. The van der Waals surface area contributed by atoms with Crippen LogP contribution in [0.3, 0.4) is 0 Å². The molecule has 0 aromatic rings. The standard InChI is InChI=1S/C20H38N4O/c1-16(2)19(25)21-18-13-20(14-18)5-6-23(15-20)8-7-22-9-11-24(12-10-22)17(3)4/h16-18H,5-15H2,1-4H3,(H,21,25). The lowest BCUT2D eigenvalue weighted by Crippen LogP contribution is -2.53. The third kappa shape index (κ3) is 4.75. The van der Waals surface area contributed by atoms with Crippen molar-refractivity contribution in [2.24, 2.45) is 11.3 Å². The normalized spacial score (nSPS) is 31.8. The van der Waals surface area contributed by atoms with Crippen LogP contribution >= 0.6 is 0 Å². The van der Waals surface area contributed by atoms with Crippen LogP contribution in [0.1, 0.15) is 47.0 Å². The average molecular weight is 351 g/mol. The molecule has 2 aliphatic heterocycles. The van der Waals surface area contributed by atoms with Crippen LogP contribution < -0.4 is 5.32 Å². The fraction of sp³-hybridized carbons (Fsp3) is 0.950. The first kappa shape index (κ1) is 19.1. The highest BCUT2D eigenvalue weighted by Gasteiger charge is 2.48. The van der Waals surface area contributed by atoms with Gasteiger partial charge in [0, 0.05) is 63.8 Å². The molecular formula is C20H38N4O. The molecule has 0 aromatic carbocycles. The van der Waals surface area contributed by atoms with E-state index in [1.54, 1.807) is 0 Å². The number of piperazine rings is 1. The van der Waals surface area contributed by atoms with E-state index in [1.807, 2.05) is 13.8 Å². The van der Waals surface area contributed by atoms with Gasteiger partial charge in [-0.2, -0.15) is 0 Å².